The zero-order valence-electron chi connectivity index (χ0n) is 9.95. The van der Waals surface area contributed by atoms with E-state index < -0.39 is 0 Å². The summed E-state index contributed by atoms with van der Waals surface area (Å²) in [5.74, 6) is 1.47. The Hall–Kier alpha value is -0.120. The molecule has 3 rings (SSSR count). The highest BCUT2D eigenvalue weighted by Gasteiger charge is 2.47. The predicted molar refractivity (Wildman–Crippen MR) is 62.2 cm³/mol. The lowest BCUT2D eigenvalue weighted by molar-refractivity contribution is 0.0185. The van der Waals surface area contributed by atoms with Gasteiger partial charge in [0.2, 0.25) is 0 Å². The standard InChI is InChI=1S/C13H23NO2/c15-8-13(11-3-4-11,14-12-5-6-12)9-16-7-10-1-2-10/h10-12,14-15H,1-9H2. The Morgan fingerprint density at radius 1 is 1.12 bits per heavy atom. The normalized spacial score (nSPS) is 29.1. The molecule has 3 fully saturated rings. The van der Waals surface area contributed by atoms with Crippen molar-refractivity contribution in [2.75, 3.05) is 19.8 Å². The van der Waals surface area contributed by atoms with Crippen LogP contribution in [0.4, 0.5) is 0 Å². The van der Waals surface area contributed by atoms with Crippen molar-refractivity contribution in [3.05, 3.63) is 0 Å². The first-order chi connectivity index (χ1) is 7.82. The highest BCUT2D eigenvalue weighted by Crippen LogP contribution is 2.42. The van der Waals surface area contributed by atoms with Crippen LogP contribution in [0.3, 0.4) is 0 Å². The Bertz CT molecular complexity index is 246. The molecule has 3 aliphatic carbocycles. The molecule has 0 aliphatic heterocycles. The minimum atomic E-state index is -0.115. The molecule has 0 aromatic carbocycles. The summed E-state index contributed by atoms with van der Waals surface area (Å²) >= 11 is 0. The predicted octanol–water partition coefficient (Wildman–Crippen LogP) is 1.31. The molecule has 3 saturated carbocycles. The van der Waals surface area contributed by atoms with Crippen molar-refractivity contribution < 1.29 is 9.84 Å². The van der Waals surface area contributed by atoms with Crippen LogP contribution in [0.25, 0.3) is 0 Å². The van der Waals surface area contributed by atoms with E-state index in [0.717, 1.165) is 12.5 Å². The van der Waals surface area contributed by atoms with Crippen molar-refractivity contribution >= 4 is 0 Å². The minimum absolute atomic E-state index is 0.115. The summed E-state index contributed by atoms with van der Waals surface area (Å²) in [7, 11) is 0. The third kappa shape index (κ3) is 2.58. The fourth-order valence-corrected chi connectivity index (χ4v) is 2.46. The molecule has 0 heterocycles. The SMILES string of the molecule is OCC(COCC1CC1)(NC1CC1)C1CC1. The van der Waals surface area contributed by atoms with Crippen LogP contribution in [-0.2, 0) is 4.74 Å². The molecule has 0 spiro atoms. The number of ether oxygens (including phenoxy) is 1. The Labute approximate surface area is 97.6 Å². The highest BCUT2D eigenvalue weighted by molar-refractivity contribution is 5.04. The Kier molecular flexibility index (Phi) is 2.94. The van der Waals surface area contributed by atoms with Gasteiger partial charge >= 0.3 is 0 Å². The maximum atomic E-state index is 9.70. The van der Waals surface area contributed by atoms with Crippen LogP contribution in [0.15, 0.2) is 0 Å². The largest absolute Gasteiger partial charge is 0.394 e. The van der Waals surface area contributed by atoms with Gasteiger partial charge in [-0.1, -0.05) is 0 Å². The zero-order valence-corrected chi connectivity index (χ0v) is 9.95. The number of rotatable bonds is 8. The van der Waals surface area contributed by atoms with E-state index in [0.29, 0.717) is 18.6 Å². The number of nitrogens with one attached hydrogen (secondary N) is 1. The van der Waals surface area contributed by atoms with Gasteiger partial charge in [-0.3, -0.25) is 0 Å². The molecular formula is C13H23NO2. The summed E-state index contributed by atoms with van der Waals surface area (Å²) in [5.41, 5.74) is -0.115. The molecule has 16 heavy (non-hydrogen) atoms. The van der Waals surface area contributed by atoms with Crippen molar-refractivity contribution in [3.63, 3.8) is 0 Å². The first kappa shape index (κ1) is 11.0. The molecule has 1 atom stereocenters. The van der Waals surface area contributed by atoms with Gasteiger partial charge < -0.3 is 15.2 Å². The monoisotopic (exact) mass is 225 g/mol. The first-order valence-corrected chi connectivity index (χ1v) is 6.79. The van der Waals surface area contributed by atoms with Crippen molar-refractivity contribution in [1.82, 2.24) is 5.32 Å². The molecule has 0 aromatic rings. The van der Waals surface area contributed by atoms with Crippen molar-refractivity contribution in [1.29, 1.82) is 0 Å². The van der Waals surface area contributed by atoms with E-state index in [4.69, 9.17) is 4.74 Å². The number of aliphatic hydroxyl groups excluding tert-OH is 1. The lowest BCUT2D eigenvalue weighted by Gasteiger charge is -2.33. The van der Waals surface area contributed by atoms with Crippen LogP contribution in [0.1, 0.15) is 38.5 Å². The molecule has 3 nitrogen and oxygen atoms in total. The highest BCUT2D eigenvalue weighted by atomic mass is 16.5. The van der Waals surface area contributed by atoms with Crippen LogP contribution in [0.5, 0.6) is 0 Å². The summed E-state index contributed by atoms with van der Waals surface area (Å²) in [6, 6.07) is 0.650. The van der Waals surface area contributed by atoms with Crippen LogP contribution in [0.2, 0.25) is 0 Å². The summed E-state index contributed by atoms with van der Waals surface area (Å²) < 4.78 is 5.82. The van der Waals surface area contributed by atoms with Gasteiger partial charge in [0.15, 0.2) is 0 Å². The first-order valence-electron chi connectivity index (χ1n) is 6.79. The molecule has 0 amide bonds. The molecule has 0 bridgehead atoms. The van der Waals surface area contributed by atoms with Gasteiger partial charge in [0, 0.05) is 12.6 Å². The smallest absolute Gasteiger partial charge is 0.0681 e. The van der Waals surface area contributed by atoms with E-state index in [-0.39, 0.29) is 12.1 Å². The van der Waals surface area contributed by atoms with Crippen molar-refractivity contribution in [2.24, 2.45) is 11.8 Å². The lowest BCUT2D eigenvalue weighted by atomic mass is 9.95. The summed E-state index contributed by atoms with van der Waals surface area (Å²) in [4.78, 5) is 0. The molecule has 2 N–H and O–H groups in total. The Morgan fingerprint density at radius 2 is 1.88 bits per heavy atom. The van der Waals surface area contributed by atoms with Gasteiger partial charge in [0.25, 0.3) is 0 Å². The summed E-state index contributed by atoms with van der Waals surface area (Å²) in [6.45, 7) is 1.85. The van der Waals surface area contributed by atoms with Gasteiger partial charge in [-0.2, -0.15) is 0 Å². The number of aliphatic hydroxyl groups is 1. The summed E-state index contributed by atoms with van der Waals surface area (Å²) in [5, 5.41) is 13.3. The van der Waals surface area contributed by atoms with E-state index in [1.165, 1.54) is 38.5 Å². The topological polar surface area (TPSA) is 41.5 Å². The average Bonchev–Trinajstić information content (AvgIpc) is 3.15. The molecule has 1 unspecified atom stereocenters. The second-order valence-corrected chi connectivity index (χ2v) is 5.97. The Morgan fingerprint density at radius 3 is 2.38 bits per heavy atom. The second kappa shape index (κ2) is 4.28. The van der Waals surface area contributed by atoms with Crippen molar-refractivity contribution in [3.8, 4) is 0 Å². The third-order valence-electron chi connectivity index (χ3n) is 4.12. The van der Waals surface area contributed by atoms with E-state index in [1.807, 2.05) is 0 Å². The molecule has 3 heteroatoms. The quantitative estimate of drug-likeness (QED) is 0.654. The van der Waals surface area contributed by atoms with E-state index in [1.54, 1.807) is 0 Å². The van der Waals surface area contributed by atoms with Crippen molar-refractivity contribution in [2.45, 2.75) is 50.1 Å². The maximum Gasteiger partial charge on any atom is 0.0681 e. The van der Waals surface area contributed by atoms with Gasteiger partial charge in [0.1, 0.15) is 0 Å². The fraction of sp³-hybridized carbons (Fsp3) is 1.00. The molecule has 0 aromatic heterocycles. The van der Waals surface area contributed by atoms with Crippen LogP contribution < -0.4 is 5.32 Å². The molecule has 3 aliphatic rings. The van der Waals surface area contributed by atoms with Gasteiger partial charge in [-0.05, 0) is 50.4 Å². The van der Waals surface area contributed by atoms with Crippen LogP contribution >= 0.6 is 0 Å². The number of hydrogen-bond donors (Lipinski definition) is 2. The van der Waals surface area contributed by atoms with E-state index in [9.17, 15) is 5.11 Å². The molecular weight excluding hydrogens is 202 g/mol. The van der Waals surface area contributed by atoms with Gasteiger partial charge in [0.05, 0.1) is 18.8 Å². The lowest BCUT2D eigenvalue weighted by Crippen LogP contribution is -2.55. The number of hydrogen-bond acceptors (Lipinski definition) is 3. The average molecular weight is 225 g/mol. The minimum Gasteiger partial charge on any atom is -0.394 e. The van der Waals surface area contributed by atoms with Crippen LogP contribution in [0, 0.1) is 11.8 Å². The maximum absolute atomic E-state index is 9.70. The second-order valence-electron chi connectivity index (χ2n) is 5.97. The molecule has 0 saturated heterocycles. The zero-order chi connectivity index (χ0) is 11.0. The summed E-state index contributed by atoms with van der Waals surface area (Å²) in [6.07, 6.45) is 7.74. The van der Waals surface area contributed by atoms with Gasteiger partial charge in [-0.15, -0.1) is 0 Å². The molecule has 0 radical (unpaired) electrons. The van der Waals surface area contributed by atoms with Crippen LogP contribution in [-0.4, -0.2) is 36.5 Å². The Balaban J connectivity index is 1.52. The molecule has 92 valence electrons. The van der Waals surface area contributed by atoms with E-state index >= 15 is 0 Å². The third-order valence-corrected chi connectivity index (χ3v) is 4.12. The van der Waals surface area contributed by atoms with Gasteiger partial charge in [-0.25, -0.2) is 0 Å². The fourth-order valence-electron chi connectivity index (χ4n) is 2.46. The van der Waals surface area contributed by atoms with E-state index in [2.05, 4.69) is 5.32 Å².